The lowest BCUT2D eigenvalue weighted by molar-refractivity contribution is -0.193. The smallest absolute Gasteiger partial charge is 0.475 e. The van der Waals surface area contributed by atoms with Crippen LogP contribution in [-0.2, 0) is 14.3 Å². The average molecular weight is 655 g/mol. The highest BCUT2D eigenvalue weighted by Gasteiger charge is 2.39. The number of carboxylic acids is 2. The van der Waals surface area contributed by atoms with Gasteiger partial charge in [0.05, 0.1) is 17.7 Å². The molecule has 12 nitrogen and oxygen atoms in total. The highest BCUT2D eigenvalue weighted by Crippen LogP contribution is 2.33. The Morgan fingerprint density at radius 2 is 1.62 bits per heavy atom. The predicted octanol–water partition coefficient (Wildman–Crippen LogP) is 3.38. The number of rotatable bonds is 7. The van der Waals surface area contributed by atoms with Crippen molar-refractivity contribution in [3.63, 3.8) is 0 Å². The van der Waals surface area contributed by atoms with Crippen molar-refractivity contribution in [3.8, 4) is 0 Å². The van der Waals surface area contributed by atoms with Gasteiger partial charge in [0, 0.05) is 51.6 Å². The van der Waals surface area contributed by atoms with Crippen molar-refractivity contribution in [1.82, 2.24) is 29.7 Å². The molecule has 1 amide bonds. The largest absolute Gasteiger partial charge is 0.490 e. The fraction of sp³-hybridized carbons (Fsp3) is 0.667. The van der Waals surface area contributed by atoms with E-state index >= 15 is 0 Å². The molecule has 4 heterocycles. The SMILES string of the molecule is CC(C)N1CCN(CC2CC2)CC1c1nnc2ccc(C(=O)NCC3CCCO3)cn12.O=C(O)C(F)(F)F.O=C(O)C(F)(F)F. The van der Waals surface area contributed by atoms with Gasteiger partial charge in [0.2, 0.25) is 0 Å². The number of pyridine rings is 1. The van der Waals surface area contributed by atoms with E-state index in [9.17, 15) is 31.1 Å². The van der Waals surface area contributed by atoms with Crippen molar-refractivity contribution >= 4 is 23.5 Å². The van der Waals surface area contributed by atoms with Crippen LogP contribution in [0.4, 0.5) is 26.3 Å². The summed E-state index contributed by atoms with van der Waals surface area (Å²) in [6.07, 6.45) is -3.31. The summed E-state index contributed by atoms with van der Waals surface area (Å²) < 4.78 is 71.1. The minimum Gasteiger partial charge on any atom is -0.475 e. The van der Waals surface area contributed by atoms with Crippen LogP contribution >= 0.6 is 0 Å². The van der Waals surface area contributed by atoms with Crippen LogP contribution in [0.5, 0.6) is 0 Å². The molecule has 0 spiro atoms. The van der Waals surface area contributed by atoms with Crippen molar-refractivity contribution in [2.24, 2.45) is 5.92 Å². The standard InChI is InChI=1S/C23H34N6O2.2C2HF3O2/c1-16(2)28-10-9-27(13-17-5-6-17)15-20(28)22-26-25-21-8-7-18(14-29(21)22)23(30)24-12-19-4-3-11-31-19;2*3-2(4,5)1(6)7/h7-8,14,16-17,19-20H,3-6,9-13,15H2,1-2H3,(H,24,30);2*(H,6,7). The number of aliphatic carboxylic acids is 2. The van der Waals surface area contributed by atoms with Crippen molar-refractivity contribution in [3.05, 3.63) is 29.7 Å². The fourth-order valence-electron chi connectivity index (χ4n) is 4.92. The lowest BCUT2D eigenvalue weighted by Gasteiger charge is -2.42. The number of hydrogen-bond donors (Lipinski definition) is 3. The maximum absolute atomic E-state index is 12.8. The first-order valence-electron chi connectivity index (χ1n) is 14.3. The summed E-state index contributed by atoms with van der Waals surface area (Å²) in [6, 6.07) is 4.33. The van der Waals surface area contributed by atoms with Crippen molar-refractivity contribution in [2.75, 3.05) is 39.3 Å². The summed E-state index contributed by atoms with van der Waals surface area (Å²) in [4.78, 5) is 35.7. The van der Waals surface area contributed by atoms with E-state index in [0.717, 1.165) is 56.5 Å². The van der Waals surface area contributed by atoms with Gasteiger partial charge in [0.15, 0.2) is 11.5 Å². The number of piperazine rings is 1. The van der Waals surface area contributed by atoms with E-state index < -0.39 is 24.3 Å². The summed E-state index contributed by atoms with van der Waals surface area (Å²) in [7, 11) is 0. The molecular weight excluding hydrogens is 618 g/mol. The third-order valence-corrected chi connectivity index (χ3v) is 7.37. The molecule has 5 rings (SSSR count). The second kappa shape index (κ2) is 15.2. The second-order valence-corrected chi connectivity index (χ2v) is 11.2. The van der Waals surface area contributed by atoms with E-state index in [1.54, 1.807) is 0 Å². The summed E-state index contributed by atoms with van der Waals surface area (Å²) in [5, 5.41) is 26.3. The second-order valence-electron chi connectivity index (χ2n) is 11.2. The average Bonchev–Trinajstić information content (AvgIpc) is 3.43. The summed E-state index contributed by atoms with van der Waals surface area (Å²) in [5.74, 6) is -3.78. The van der Waals surface area contributed by atoms with Gasteiger partial charge in [-0.1, -0.05) is 0 Å². The van der Waals surface area contributed by atoms with Crippen LogP contribution in [0.25, 0.3) is 5.65 Å². The molecule has 3 N–H and O–H groups in total. The van der Waals surface area contributed by atoms with Gasteiger partial charge < -0.3 is 20.3 Å². The fourth-order valence-corrected chi connectivity index (χ4v) is 4.92. The molecule has 3 aliphatic rings. The molecule has 2 atom stereocenters. The van der Waals surface area contributed by atoms with E-state index in [0.29, 0.717) is 18.2 Å². The molecule has 45 heavy (non-hydrogen) atoms. The van der Waals surface area contributed by atoms with Gasteiger partial charge >= 0.3 is 24.3 Å². The molecule has 0 aromatic carbocycles. The Morgan fingerprint density at radius 1 is 1.00 bits per heavy atom. The molecule has 2 saturated heterocycles. The third-order valence-electron chi connectivity index (χ3n) is 7.37. The van der Waals surface area contributed by atoms with E-state index in [4.69, 9.17) is 24.5 Å². The van der Waals surface area contributed by atoms with Crippen LogP contribution in [0.15, 0.2) is 18.3 Å². The van der Waals surface area contributed by atoms with Gasteiger partial charge in [0.25, 0.3) is 5.91 Å². The number of carboxylic acid groups (broad SMARTS) is 2. The molecule has 18 heteroatoms. The lowest BCUT2D eigenvalue weighted by atomic mass is 10.1. The number of alkyl halides is 6. The Hall–Kier alpha value is -3.51. The molecule has 1 saturated carbocycles. The first-order chi connectivity index (χ1) is 21.0. The zero-order valence-corrected chi connectivity index (χ0v) is 24.6. The van der Waals surface area contributed by atoms with Gasteiger partial charge in [-0.2, -0.15) is 26.3 Å². The maximum Gasteiger partial charge on any atom is 0.490 e. The van der Waals surface area contributed by atoms with Crippen molar-refractivity contribution in [1.29, 1.82) is 0 Å². The summed E-state index contributed by atoms with van der Waals surface area (Å²) >= 11 is 0. The van der Waals surface area contributed by atoms with E-state index in [1.165, 1.54) is 19.4 Å². The topological polar surface area (TPSA) is 150 Å². The van der Waals surface area contributed by atoms with Gasteiger partial charge in [-0.05, 0) is 57.6 Å². The number of aromatic nitrogens is 3. The molecular formula is C27H36F6N6O6. The minimum absolute atomic E-state index is 0.0724. The van der Waals surface area contributed by atoms with Gasteiger partial charge in [-0.15, -0.1) is 10.2 Å². The molecule has 2 aliphatic heterocycles. The quantitative estimate of drug-likeness (QED) is 0.380. The number of carbonyl (C=O) groups excluding carboxylic acids is 1. The van der Waals surface area contributed by atoms with Gasteiger partial charge in [-0.3, -0.25) is 19.0 Å². The molecule has 1 aliphatic carbocycles. The number of nitrogens with zero attached hydrogens (tertiary/aromatic N) is 5. The van der Waals surface area contributed by atoms with Crippen LogP contribution in [-0.4, -0.2) is 116 Å². The molecule has 0 radical (unpaired) electrons. The normalized spacial score (nSPS) is 21.1. The van der Waals surface area contributed by atoms with E-state index in [2.05, 4.69) is 39.2 Å². The highest BCUT2D eigenvalue weighted by atomic mass is 19.4. The van der Waals surface area contributed by atoms with Crippen LogP contribution in [0.3, 0.4) is 0 Å². The molecule has 3 fully saturated rings. The first-order valence-corrected chi connectivity index (χ1v) is 14.3. The van der Waals surface area contributed by atoms with Gasteiger partial charge in [-0.25, -0.2) is 9.59 Å². The number of carbonyl (C=O) groups is 3. The van der Waals surface area contributed by atoms with Crippen LogP contribution in [0.1, 0.15) is 61.8 Å². The Labute approximate surface area is 254 Å². The van der Waals surface area contributed by atoms with Gasteiger partial charge in [0.1, 0.15) is 0 Å². The summed E-state index contributed by atoms with van der Waals surface area (Å²) in [5.41, 5.74) is 1.42. The number of halogens is 6. The van der Waals surface area contributed by atoms with Crippen LogP contribution in [0, 0.1) is 5.92 Å². The zero-order chi connectivity index (χ0) is 33.5. The Kier molecular flexibility index (Phi) is 12.1. The number of amides is 1. The maximum atomic E-state index is 12.8. The Bertz CT molecular complexity index is 1290. The monoisotopic (exact) mass is 654 g/mol. The number of fused-ring (bicyclic) bond motifs is 1. The van der Waals surface area contributed by atoms with E-state index in [-0.39, 0.29) is 18.1 Å². The number of nitrogens with one attached hydrogen (secondary N) is 1. The first kappa shape index (κ1) is 36.0. The molecule has 0 bridgehead atoms. The number of hydrogen-bond acceptors (Lipinski definition) is 8. The Balaban J connectivity index is 0.000000331. The zero-order valence-electron chi connectivity index (χ0n) is 24.6. The molecule has 2 aromatic rings. The van der Waals surface area contributed by atoms with Crippen molar-refractivity contribution < 1.29 is 55.7 Å². The minimum atomic E-state index is -5.08. The molecule has 2 aromatic heterocycles. The third kappa shape index (κ3) is 10.8. The molecule has 2 unspecified atom stereocenters. The highest BCUT2D eigenvalue weighted by molar-refractivity contribution is 5.94. The predicted molar refractivity (Wildman–Crippen MR) is 145 cm³/mol. The molecule has 252 valence electrons. The lowest BCUT2D eigenvalue weighted by Crippen LogP contribution is -2.51. The van der Waals surface area contributed by atoms with Crippen LogP contribution < -0.4 is 5.32 Å². The van der Waals surface area contributed by atoms with E-state index in [1.807, 2.05) is 22.7 Å². The Morgan fingerprint density at radius 3 is 2.13 bits per heavy atom. The van der Waals surface area contributed by atoms with Crippen LogP contribution in [0.2, 0.25) is 0 Å². The number of ether oxygens (including phenoxy) is 1. The summed E-state index contributed by atoms with van der Waals surface area (Å²) in [6.45, 7) is 10.1. The van der Waals surface area contributed by atoms with Crippen molar-refractivity contribution in [2.45, 2.75) is 70.1 Å².